The molecule has 1 aliphatic rings. The van der Waals surface area contributed by atoms with Crippen molar-refractivity contribution >= 4 is 52.4 Å². The third-order valence-corrected chi connectivity index (χ3v) is 8.54. The van der Waals surface area contributed by atoms with Crippen molar-refractivity contribution in [1.82, 2.24) is 4.57 Å². The van der Waals surface area contributed by atoms with Gasteiger partial charge in [0.15, 0.2) is 10.6 Å². The summed E-state index contributed by atoms with van der Waals surface area (Å²) in [4.78, 5) is 42.7. The quantitative estimate of drug-likeness (QED) is 0.237. The maximum Gasteiger partial charge on any atom is 0.335 e. The second-order valence-corrected chi connectivity index (χ2v) is 11.4. The average molecular weight is 619 g/mol. The van der Waals surface area contributed by atoms with E-state index in [1.54, 1.807) is 67.6 Å². The van der Waals surface area contributed by atoms with Crippen molar-refractivity contribution < 1.29 is 23.5 Å². The SMILES string of the molecule is CC(=O)C1=C(C)N=c2s/c(=C/c3ccc(-c4ccc(C(=O)O)cc4)o3)c(=O)n2[C@@H]1c1ccc(-c2ccc(Cl)c(Cl)c2)o1. The highest BCUT2D eigenvalue weighted by Gasteiger charge is 2.33. The predicted molar refractivity (Wildman–Crippen MR) is 160 cm³/mol. The van der Waals surface area contributed by atoms with Crippen LogP contribution in [0, 0.1) is 0 Å². The minimum absolute atomic E-state index is 0.169. The maximum atomic E-state index is 13.8. The second kappa shape index (κ2) is 10.8. The zero-order valence-electron chi connectivity index (χ0n) is 22.1. The lowest BCUT2D eigenvalue weighted by Crippen LogP contribution is -2.39. The summed E-state index contributed by atoms with van der Waals surface area (Å²) >= 11 is 13.4. The molecule has 0 spiro atoms. The average Bonchev–Trinajstić information content (AvgIpc) is 3.70. The molecule has 0 saturated carbocycles. The Morgan fingerprint density at radius 1 is 0.952 bits per heavy atom. The van der Waals surface area contributed by atoms with Gasteiger partial charge in [-0.15, -0.1) is 0 Å². The van der Waals surface area contributed by atoms with Crippen LogP contribution in [0.25, 0.3) is 28.7 Å². The van der Waals surface area contributed by atoms with Gasteiger partial charge >= 0.3 is 5.97 Å². The van der Waals surface area contributed by atoms with Crippen LogP contribution in [0.1, 0.15) is 41.8 Å². The van der Waals surface area contributed by atoms with Crippen molar-refractivity contribution in [3.05, 3.63) is 125 Å². The molecule has 0 radical (unpaired) electrons. The summed E-state index contributed by atoms with van der Waals surface area (Å²) in [7, 11) is 0. The molecule has 0 bridgehead atoms. The van der Waals surface area contributed by atoms with Gasteiger partial charge in [-0.1, -0.05) is 46.7 Å². The number of carbonyl (C=O) groups is 2. The number of Topliss-reactive ketones (excluding diaryl/α,β-unsaturated/α-hetero) is 1. The van der Waals surface area contributed by atoms with Crippen molar-refractivity contribution in [2.24, 2.45) is 4.99 Å². The van der Waals surface area contributed by atoms with Gasteiger partial charge in [0.2, 0.25) is 0 Å². The van der Waals surface area contributed by atoms with Crippen molar-refractivity contribution in [1.29, 1.82) is 0 Å². The monoisotopic (exact) mass is 618 g/mol. The molecule has 5 aromatic rings. The first kappa shape index (κ1) is 27.7. The number of hydrogen-bond donors (Lipinski definition) is 1. The Kier molecular flexibility index (Phi) is 7.10. The number of carboxylic acid groups (broad SMARTS) is 1. The van der Waals surface area contributed by atoms with Crippen LogP contribution in [0.15, 0.2) is 96.6 Å². The highest BCUT2D eigenvalue weighted by Crippen LogP contribution is 2.35. The minimum Gasteiger partial charge on any atom is -0.478 e. The molecule has 8 nitrogen and oxygen atoms in total. The summed E-state index contributed by atoms with van der Waals surface area (Å²) in [5, 5.41) is 9.92. The lowest BCUT2D eigenvalue weighted by molar-refractivity contribution is -0.114. The zero-order chi connectivity index (χ0) is 29.7. The summed E-state index contributed by atoms with van der Waals surface area (Å²) in [5.74, 6) is 0.600. The Morgan fingerprint density at radius 2 is 1.64 bits per heavy atom. The molecule has 1 aliphatic heterocycles. The molecule has 1 atom stereocenters. The fourth-order valence-electron chi connectivity index (χ4n) is 4.84. The molecule has 6 rings (SSSR count). The Balaban J connectivity index is 1.42. The van der Waals surface area contributed by atoms with E-state index in [2.05, 4.69) is 4.99 Å². The summed E-state index contributed by atoms with van der Waals surface area (Å²) in [6.07, 6.45) is 1.62. The topological polar surface area (TPSA) is 115 Å². The van der Waals surface area contributed by atoms with E-state index in [0.29, 0.717) is 64.8 Å². The lowest BCUT2D eigenvalue weighted by Gasteiger charge is -2.22. The lowest BCUT2D eigenvalue weighted by atomic mass is 9.98. The maximum absolute atomic E-state index is 13.8. The van der Waals surface area contributed by atoms with Gasteiger partial charge < -0.3 is 13.9 Å². The van der Waals surface area contributed by atoms with E-state index >= 15 is 0 Å². The third kappa shape index (κ3) is 4.96. The van der Waals surface area contributed by atoms with Crippen molar-refractivity contribution in [2.45, 2.75) is 19.9 Å². The predicted octanol–water partition coefficient (Wildman–Crippen LogP) is 6.35. The van der Waals surface area contributed by atoms with Gasteiger partial charge in [0.25, 0.3) is 5.56 Å². The number of allylic oxidation sites excluding steroid dienone is 2. The number of rotatable bonds is 6. The fraction of sp³-hybridized carbons (Fsp3) is 0.0968. The van der Waals surface area contributed by atoms with Crippen LogP contribution in [0.2, 0.25) is 10.0 Å². The fourth-order valence-corrected chi connectivity index (χ4v) is 6.16. The van der Waals surface area contributed by atoms with Crippen LogP contribution in [0.5, 0.6) is 0 Å². The number of thiazole rings is 1. The number of aromatic nitrogens is 1. The first-order valence-corrected chi connectivity index (χ1v) is 14.2. The van der Waals surface area contributed by atoms with Crippen LogP contribution >= 0.6 is 34.5 Å². The highest BCUT2D eigenvalue weighted by atomic mass is 35.5. The number of hydrogen-bond acceptors (Lipinski definition) is 7. The molecule has 0 amide bonds. The minimum atomic E-state index is -1.02. The van der Waals surface area contributed by atoms with Gasteiger partial charge in [-0.05, 0) is 68.4 Å². The van der Waals surface area contributed by atoms with Gasteiger partial charge in [-0.3, -0.25) is 14.2 Å². The van der Waals surface area contributed by atoms with E-state index in [0.717, 1.165) is 0 Å². The Hall–Kier alpha value is -4.44. The van der Waals surface area contributed by atoms with E-state index in [9.17, 15) is 14.4 Å². The van der Waals surface area contributed by atoms with Gasteiger partial charge in [0.05, 0.1) is 20.1 Å². The van der Waals surface area contributed by atoms with Crippen LogP contribution < -0.4 is 14.9 Å². The Bertz CT molecular complexity index is 2110. The third-order valence-electron chi connectivity index (χ3n) is 6.82. The largest absolute Gasteiger partial charge is 0.478 e. The number of benzene rings is 2. The van der Waals surface area contributed by atoms with Gasteiger partial charge in [0, 0.05) is 28.5 Å². The number of carbonyl (C=O) groups excluding carboxylic acids is 1. The number of furan rings is 2. The smallest absolute Gasteiger partial charge is 0.335 e. The Morgan fingerprint density at radius 3 is 2.33 bits per heavy atom. The number of nitrogens with zero attached hydrogens (tertiary/aromatic N) is 2. The van der Waals surface area contributed by atoms with E-state index in [1.165, 1.54) is 35.0 Å². The zero-order valence-corrected chi connectivity index (χ0v) is 24.4. The first-order valence-electron chi connectivity index (χ1n) is 12.6. The summed E-state index contributed by atoms with van der Waals surface area (Å²) in [5.41, 5.74) is 2.05. The summed E-state index contributed by atoms with van der Waals surface area (Å²) in [6.45, 7) is 3.17. The molecule has 3 aromatic heterocycles. The molecule has 0 aliphatic carbocycles. The molecule has 0 saturated heterocycles. The molecule has 2 aromatic carbocycles. The van der Waals surface area contributed by atoms with Gasteiger partial charge in [-0.25, -0.2) is 9.79 Å². The summed E-state index contributed by atoms with van der Waals surface area (Å²) in [6, 6.07) is 17.5. The highest BCUT2D eigenvalue weighted by molar-refractivity contribution is 7.07. The first-order chi connectivity index (χ1) is 20.1. The van der Waals surface area contributed by atoms with Gasteiger partial charge in [-0.2, -0.15) is 0 Å². The van der Waals surface area contributed by atoms with E-state index in [-0.39, 0.29) is 16.9 Å². The van der Waals surface area contributed by atoms with Gasteiger partial charge in [0.1, 0.15) is 29.1 Å². The number of fused-ring (bicyclic) bond motifs is 1. The van der Waals surface area contributed by atoms with Crippen LogP contribution in [0.4, 0.5) is 0 Å². The second-order valence-electron chi connectivity index (χ2n) is 9.55. The molecule has 4 heterocycles. The number of carboxylic acids is 1. The molecule has 42 heavy (non-hydrogen) atoms. The van der Waals surface area contributed by atoms with Crippen LogP contribution in [-0.2, 0) is 4.79 Å². The molecule has 0 fully saturated rings. The molecular weight excluding hydrogens is 599 g/mol. The molecular formula is C31H20Cl2N2O6S. The van der Waals surface area contributed by atoms with E-state index < -0.39 is 12.0 Å². The van der Waals surface area contributed by atoms with E-state index in [4.69, 9.17) is 37.1 Å². The van der Waals surface area contributed by atoms with Crippen LogP contribution in [-0.4, -0.2) is 21.4 Å². The van der Waals surface area contributed by atoms with E-state index in [1.807, 2.05) is 0 Å². The number of halogens is 2. The Labute approximate surface area is 252 Å². The molecule has 11 heteroatoms. The standard InChI is InChI=1S/C31H20Cl2N2O6S/c1-15-27(16(2)36)28(25-12-11-24(41-25)19-7-9-21(32)22(33)13-19)35-29(37)26(42-31(35)34-15)14-20-8-10-23(40-20)17-3-5-18(6-4-17)30(38)39/h3-14,28H,1-2H3,(H,38,39)/b26-14+/t28-/m1/s1. The molecule has 210 valence electrons. The normalized spacial score (nSPS) is 15.0. The molecule has 0 unspecified atom stereocenters. The number of ketones is 1. The van der Waals surface area contributed by atoms with Crippen molar-refractivity contribution in [3.63, 3.8) is 0 Å². The summed E-state index contributed by atoms with van der Waals surface area (Å²) < 4.78 is 14.0. The number of aromatic carboxylic acids is 1. The van der Waals surface area contributed by atoms with Crippen molar-refractivity contribution in [3.8, 4) is 22.6 Å². The van der Waals surface area contributed by atoms with Crippen LogP contribution in [0.3, 0.4) is 0 Å². The molecule has 1 N–H and O–H groups in total. The van der Waals surface area contributed by atoms with Crippen molar-refractivity contribution in [2.75, 3.05) is 0 Å².